The molecule has 4 nitrogen and oxygen atoms in total. The first-order valence-corrected chi connectivity index (χ1v) is 5.40. The molecule has 3 N–H and O–H groups in total. The molecule has 2 heterocycles. The highest BCUT2D eigenvalue weighted by atomic mass is 15.2. The number of rotatable bonds is 1. The van der Waals surface area contributed by atoms with E-state index in [1.54, 1.807) is 0 Å². The smallest absolute Gasteiger partial charge is 0.148 e. The second-order valence-electron chi connectivity index (χ2n) is 4.33. The normalized spacial score (nSPS) is 23.1. The van der Waals surface area contributed by atoms with E-state index in [4.69, 9.17) is 5.73 Å². The molecule has 0 atom stereocenters. The van der Waals surface area contributed by atoms with Crippen molar-refractivity contribution in [1.29, 1.82) is 0 Å². The summed E-state index contributed by atoms with van der Waals surface area (Å²) in [5, 5.41) is 7.10. The van der Waals surface area contributed by atoms with E-state index in [1.165, 1.54) is 30.6 Å². The quantitative estimate of drug-likeness (QED) is 0.683. The van der Waals surface area contributed by atoms with Crippen LogP contribution in [0, 0.1) is 0 Å². The van der Waals surface area contributed by atoms with Crippen LogP contribution in [0.3, 0.4) is 0 Å². The van der Waals surface area contributed by atoms with E-state index in [1.807, 2.05) is 0 Å². The monoisotopic (exact) mass is 192 g/mol. The van der Waals surface area contributed by atoms with Gasteiger partial charge in [-0.2, -0.15) is 5.10 Å². The largest absolute Gasteiger partial charge is 0.382 e. The summed E-state index contributed by atoms with van der Waals surface area (Å²) in [6.07, 6.45) is 4.92. The number of aromatic amines is 1. The lowest BCUT2D eigenvalue weighted by atomic mass is 10.1. The van der Waals surface area contributed by atoms with E-state index >= 15 is 0 Å². The molecule has 0 bridgehead atoms. The lowest BCUT2D eigenvalue weighted by molar-refractivity contribution is 0.276. The Bertz CT molecular complexity index is 340. The number of H-pyrrole nitrogens is 1. The first-order valence-electron chi connectivity index (χ1n) is 5.40. The van der Waals surface area contributed by atoms with Crippen molar-refractivity contribution >= 4 is 5.82 Å². The highest BCUT2D eigenvalue weighted by Gasteiger charge is 2.30. The molecule has 0 saturated heterocycles. The Labute approximate surface area is 83.5 Å². The lowest BCUT2D eigenvalue weighted by Gasteiger charge is -2.18. The predicted octanol–water partition coefficient (Wildman–Crippen LogP) is 0.555. The minimum Gasteiger partial charge on any atom is -0.382 e. The van der Waals surface area contributed by atoms with E-state index in [2.05, 4.69) is 15.1 Å². The zero-order valence-corrected chi connectivity index (χ0v) is 8.29. The summed E-state index contributed by atoms with van der Waals surface area (Å²) in [6, 6.07) is 0.869. The van der Waals surface area contributed by atoms with Gasteiger partial charge in [-0.1, -0.05) is 0 Å². The van der Waals surface area contributed by atoms with Gasteiger partial charge in [0, 0.05) is 36.8 Å². The van der Waals surface area contributed by atoms with Crippen LogP contribution >= 0.6 is 0 Å². The second-order valence-corrected chi connectivity index (χ2v) is 4.33. The van der Waals surface area contributed by atoms with Crippen LogP contribution in [-0.4, -0.2) is 34.2 Å². The van der Waals surface area contributed by atoms with Crippen molar-refractivity contribution in [2.45, 2.75) is 31.7 Å². The summed E-state index contributed by atoms with van der Waals surface area (Å²) in [7, 11) is 0. The molecule has 0 spiro atoms. The standard InChI is InChI=1S/C10H16N4/c11-10-8-3-5-14(7-1-2-7)6-4-9(8)12-13-10/h7H,1-6H2,(H3,11,12,13). The van der Waals surface area contributed by atoms with Gasteiger partial charge in [0.25, 0.3) is 0 Å². The molecule has 1 aromatic heterocycles. The fourth-order valence-electron chi connectivity index (χ4n) is 2.33. The van der Waals surface area contributed by atoms with Gasteiger partial charge in [0.15, 0.2) is 0 Å². The SMILES string of the molecule is Nc1n[nH]c2c1CCN(C1CC1)CC2. The minimum absolute atomic E-state index is 0.706. The number of hydrogen-bond donors (Lipinski definition) is 2. The Morgan fingerprint density at radius 3 is 2.86 bits per heavy atom. The molecule has 4 heteroatoms. The number of nitrogens with two attached hydrogens (primary N) is 1. The maximum atomic E-state index is 5.81. The van der Waals surface area contributed by atoms with Gasteiger partial charge in [-0.05, 0) is 19.3 Å². The number of nitrogen functional groups attached to an aromatic ring is 1. The van der Waals surface area contributed by atoms with Crippen molar-refractivity contribution < 1.29 is 0 Å². The van der Waals surface area contributed by atoms with Crippen molar-refractivity contribution in [3.63, 3.8) is 0 Å². The maximum absolute atomic E-state index is 5.81. The molecule has 1 aliphatic heterocycles. The third kappa shape index (κ3) is 1.30. The van der Waals surface area contributed by atoms with E-state index in [0.717, 1.165) is 25.4 Å². The summed E-state index contributed by atoms with van der Waals surface area (Å²) in [5.41, 5.74) is 8.32. The van der Waals surface area contributed by atoms with Crippen LogP contribution in [0.5, 0.6) is 0 Å². The van der Waals surface area contributed by atoms with Crippen LogP contribution in [0.2, 0.25) is 0 Å². The molecular weight excluding hydrogens is 176 g/mol. The van der Waals surface area contributed by atoms with E-state index in [9.17, 15) is 0 Å². The first-order chi connectivity index (χ1) is 6.84. The molecule has 0 aromatic carbocycles. The first kappa shape index (κ1) is 8.29. The van der Waals surface area contributed by atoms with Gasteiger partial charge < -0.3 is 5.73 Å². The van der Waals surface area contributed by atoms with Crippen molar-refractivity contribution in [3.05, 3.63) is 11.3 Å². The fraction of sp³-hybridized carbons (Fsp3) is 0.700. The average Bonchev–Trinajstić information content (AvgIpc) is 2.97. The van der Waals surface area contributed by atoms with E-state index in [-0.39, 0.29) is 0 Å². The molecule has 76 valence electrons. The van der Waals surface area contributed by atoms with Gasteiger partial charge in [-0.15, -0.1) is 0 Å². The molecule has 0 unspecified atom stereocenters. The molecule has 3 rings (SSSR count). The van der Waals surface area contributed by atoms with Crippen molar-refractivity contribution in [1.82, 2.24) is 15.1 Å². The van der Waals surface area contributed by atoms with Gasteiger partial charge in [0.05, 0.1) is 0 Å². The second kappa shape index (κ2) is 2.98. The molecular formula is C10H16N4. The zero-order chi connectivity index (χ0) is 9.54. The number of fused-ring (bicyclic) bond motifs is 1. The summed E-state index contributed by atoms with van der Waals surface area (Å²) >= 11 is 0. The summed E-state index contributed by atoms with van der Waals surface area (Å²) < 4.78 is 0. The number of nitrogens with one attached hydrogen (secondary N) is 1. The number of nitrogens with zero attached hydrogens (tertiary/aromatic N) is 2. The Morgan fingerprint density at radius 1 is 1.29 bits per heavy atom. The number of anilines is 1. The maximum Gasteiger partial charge on any atom is 0.148 e. The number of aromatic nitrogens is 2. The molecule has 14 heavy (non-hydrogen) atoms. The van der Waals surface area contributed by atoms with Crippen molar-refractivity contribution in [2.24, 2.45) is 0 Å². The van der Waals surface area contributed by atoms with Gasteiger partial charge in [-0.25, -0.2) is 0 Å². The summed E-state index contributed by atoms with van der Waals surface area (Å²) in [6.45, 7) is 2.32. The van der Waals surface area contributed by atoms with Gasteiger partial charge in [0.1, 0.15) is 5.82 Å². The van der Waals surface area contributed by atoms with Crippen LogP contribution in [0.1, 0.15) is 24.1 Å². The third-order valence-corrected chi connectivity index (χ3v) is 3.35. The van der Waals surface area contributed by atoms with Crippen molar-refractivity contribution in [2.75, 3.05) is 18.8 Å². The van der Waals surface area contributed by atoms with Gasteiger partial charge in [-0.3, -0.25) is 10.00 Å². The topological polar surface area (TPSA) is 57.9 Å². The minimum atomic E-state index is 0.706. The Balaban J connectivity index is 1.79. The van der Waals surface area contributed by atoms with Crippen LogP contribution in [0.15, 0.2) is 0 Å². The highest BCUT2D eigenvalue weighted by molar-refractivity contribution is 5.42. The molecule has 1 aromatic rings. The third-order valence-electron chi connectivity index (χ3n) is 3.35. The van der Waals surface area contributed by atoms with E-state index < -0.39 is 0 Å². The molecule has 0 amide bonds. The Hall–Kier alpha value is -1.03. The molecule has 1 fully saturated rings. The fourth-order valence-corrected chi connectivity index (χ4v) is 2.33. The summed E-state index contributed by atoms with van der Waals surface area (Å²) in [4.78, 5) is 2.59. The molecule has 1 saturated carbocycles. The van der Waals surface area contributed by atoms with Crippen LogP contribution in [0.25, 0.3) is 0 Å². The van der Waals surface area contributed by atoms with E-state index in [0.29, 0.717) is 5.82 Å². The van der Waals surface area contributed by atoms with Crippen LogP contribution in [0.4, 0.5) is 5.82 Å². The van der Waals surface area contributed by atoms with Crippen LogP contribution in [-0.2, 0) is 12.8 Å². The Morgan fingerprint density at radius 2 is 2.07 bits per heavy atom. The number of hydrogen-bond acceptors (Lipinski definition) is 3. The van der Waals surface area contributed by atoms with Crippen LogP contribution < -0.4 is 5.73 Å². The van der Waals surface area contributed by atoms with Gasteiger partial charge in [0.2, 0.25) is 0 Å². The predicted molar refractivity (Wildman–Crippen MR) is 55.0 cm³/mol. The zero-order valence-electron chi connectivity index (χ0n) is 8.29. The highest BCUT2D eigenvalue weighted by Crippen LogP contribution is 2.29. The average molecular weight is 192 g/mol. The van der Waals surface area contributed by atoms with Crippen molar-refractivity contribution in [3.8, 4) is 0 Å². The van der Waals surface area contributed by atoms with Gasteiger partial charge >= 0.3 is 0 Å². The lowest BCUT2D eigenvalue weighted by Crippen LogP contribution is -2.28. The summed E-state index contributed by atoms with van der Waals surface area (Å²) in [5.74, 6) is 0.706. The molecule has 1 aliphatic carbocycles. The molecule has 2 aliphatic rings. The Kier molecular flexibility index (Phi) is 1.77. The molecule has 0 radical (unpaired) electrons.